The molecule has 3 N–H and O–H groups in total. The Labute approximate surface area is 209 Å². The Bertz CT molecular complexity index is 1060. The van der Waals surface area contributed by atoms with Crippen LogP contribution in [0, 0.1) is 0 Å². The van der Waals surface area contributed by atoms with E-state index in [1.165, 1.54) is 12.1 Å². The van der Waals surface area contributed by atoms with Crippen molar-refractivity contribution in [1.29, 1.82) is 0 Å². The van der Waals surface area contributed by atoms with E-state index in [1.54, 1.807) is 31.4 Å². The van der Waals surface area contributed by atoms with Gasteiger partial charge in [0, 0.05) is 43.0 Å². The molecule has 0 aliphatic carbocycles. The van der Waals surface area contributed by atoms with Gasteiger partial charge in [0.05, 0.1) is 5.69 Å². The van der Waals surface area contributed by atoms with Gasteiger partial charge in [0.15, 0.2) is 12.4 Å². The highest BCUT2D eigenvalue weighted by Gasteiger charge is 2.28. The predicted molar refractivity (Wildman–Crippen MR) is 133 cm³/mol. The van der Waals surface area contributed by atoms with Gasteiger partial charge < -0.3 is 25.6 Å². The van der Waals surface area contributed by atoms with Crippen molar-refractivity contribution < 1.29 is 22.7 Å². The molecule has 0 spiro atoms. The summed E-state index contributed by atoms with van der Waals surface area (Å²) in [6.45, 7) is 2.34. The predicted octanol–water partition coefficient (Wildman–Crippen LogP) is 3.08. The molecule has 2 unspecified atom stereocenters. The molecule has 1 aromatic carbocycles. The van der Waals surface area contributed by atoms with Gasteiger partial charge in [0.25, 0.3) is 5.91 Å². The number of halogens is 3. The number of nitrogens with zero attached hydrogens (tertiary/aromatic N) is 3. The second-order valence-electron chi connectivity index (χ2n) is 8.86. The molecule has 36 heavy (non-hydrogen) atoms. The third-order valence-electron chi connectivity index (χ3n) is 5.93. The average molecular weight is 507 g/mol. The first kappa shape index (κ1) is 27.4. The Kier molecular flexibility index (Phi) is 9.27. The van der Waals surface area contributed by atoms with E-state index in [-0.39, 0.29) is 29.4 Å². The fraction of sp³-hybridized carbons (Fsp3) is 0.480. The molecule has 0 saturated carbocycles. The maximum Gasteiger partial charge on any atom is 0.422 e. The molecule has 3 rings (SSSR count). The number of nitrogens with one attached hydrogen (secondary N) is 3. The minimum atomic E-state index is -4.42. The molecule has 1 fully saturated rings. The Morgan fingerprint density at radius 3 is 2.58 bits per heavy atom. The molecule has 11 heteroatoms. The van der Waals surface area contributed by atoms with Crippen molar-refractivity contribution in [2.45, 2.75) is 38.0 Å². The van der Waals surface area contributed by atoms with Crippen molar-refractivity contribution >= 4 is 11.5 Å². The molecule has 196 valence electrons. The summed E-state index contributed by atoms with van der Waals surface area (Å²) >= 11 is 0. The number of benzene rings is 1. The van der Waals surface area contributed by atoms with Crippen molar-refractivity contribution in [3.8, 4) is 17.0 Å². The van der Waals surface area contributed by atoms with Crippen LogP contribution in [0.2, 0.25) is 0 Å². The lowest BCUT2D eigenvalue weighted by molar-refractivity contribution is -0.153. The van der Waals surface area contributed by atoms with Crippen LogP contribution in [0.3, 0.4) is 0 Å². The summed E-state index contributed by atoms with van der Waals surface area (Å²) in [5, 5.41) is 9.23. The van der Waals surface area contributed by atoms with Crippen LogP contribution in [0.4, 0.5) is 13.2 Å². The van der Waals surface area contributed by atoms with Crippen LogP contribution in [0.5, 0.6) is 5.75 Å². The van der Waals surface area contributed by atoms with E-state index >= 15 is 0 Å². The van der Waals surface area contributed by atoms with E-state index in [4.69, 9.17) is 4.74 Å². The molecule has 0 radical (unpaired) electrons. The monoisotopic (exact) mass is 506 g/mol. The van der Waals surface area contributed by atoms with Crippen LogP contribution in [-0.2, 0) is 0 Å². The number of rotatable bonds is 9. The number of amides is 1. The van der Waals surface area contributed by atoms with Crippen LogP contribution in [-0.4, -0.2) is 79.9 Å². The highest BCUT2D eigenvalue weighted by Crippen LogP contribution is 2.25. The molecule has 2 atom stereocenters. The summed E-state index contributed by atoms with van der Waals surface area (Å²) in [4.78, 5) is 24.6. The van der Waals surface area contributed by atoms with Gasteiger partial charge >= 0.3 is 6.18 Å². The lowest BCUT2D eigenvalue weighted by Crippen LogP contribution is -2.46. The van der Waals surface area contributed by atoms with Gasteiger partial charge in [-0.25, -0.2) is 9.97 Å². The number of piperidine rings is 1. The maximum atomic E-state index is 13.2. The van der Waals surface area contributed by atoms with Crippen molar-refractivity contribution in [2.75, 3.05) is 40.8 Å². The van der Waals surface area contributed by atoms with Crippen LogP contribution >= 0.6 is 0 Å². The minimum Gasteiger partial charge on any atom is -0.484 e. The number of ether oxygens (including phenoxy) is 1. The molecule has 1 saturated heterocycles. The van der Waals surface area contributed by atoms with Gasteiger partial charge in [0.2, 0.25) is 0 Å². The number of hydrogen-bond acceptors (Lipinski definition) is 7. The molecular weight excluding hydrogens is 473 g/mol. The molecule has 1 aromatic heterocycles. The van der Waals surface area contributed by atoms with E-state index in [0.717, 1.165) is 31.5 Å². The van der Waals surface area contributed by atoms with Crippen LogP contribution < -0.4 is 20.7 Å². The first-order chi connectivity index (χ1) is 17.1. The van der Waals surface area contributed by atoms with Crippen molar-refractivity contribution in [2.24, 2.45) is 0 Å². The van der Waals surface area contributed by atoms with E-state index in [9.17, 15) is 18.0 Å². The fourth-order valence-corrected chi connectivity index (χ4v) is 3.97. The Hall–Kier alpha value is -3.18. The molecule has 1 amide bonds. The minimum absolute atomic E-state index is 0.0201. The van der Waals surface area contributed by atoms with Gasteiger partial charge in [0.1, 0.15) is 11.4 Å². The van der Waals surface area contributed by atoms with E-state index < -0.39 is 12.8 Å². The number of likely N-dealkylation sites (N-methyl/N-ethyl adjacent to an activating group) is 2. The first-order valence-electron chi connectivity index (χ1n) is 11.8. The SMILES string of the molecule is CN/C=C(/c1nc(C(=O)NC2CCCN(C)C2)cc(-c2ccc(OCC(F)(F)F)cc2)n1)C(C)NC. The number of carbonyl (C=O) groups excluding carboxylic acids is 1. The average Bonchev–Trinajstić information content (AvgIpc) is 2.85. The zero-order valence-corrected chi connectivity index (χ0v) is 20.9. The standard InChI is InChI=1S/C25H33F3N6O2/c1-16(30-3)20(13-29-2)23-32-21(17-7-9-19(10-8-17)36-15-25(26,27)28)12-22(33-23)24(35)31-18-6-5-11-34(4)14-18/h7-10,12-13,16,18,29-30H,5-6,11,14-15H2,1-4H3,(H,31,35)/b20-13+. The normalized spacial score (nSPS) is 18.0. The Morgan fingerprint density at radius 2 is 1.97 bits per heavy atom. The van der Waals surface area contributed by atoms with Crippen molar-refractivity contribution in [1.82, 2.24) is 30.8 Å². The van der Waals surface area contributed by atoms with Gasteiger partial charge in [-0.3, -0.25) is 4.79 Å². The summed E-state index contributed by atoms with van der Waals surface area (Å²) in [6, 6.07) is 7.61. The largest absolute Gasteiger partial charge is 0.484 e. The maximum absolute atomic E-state index is 13.2. The zero-order chi connectivity index (χ0) is 26.3. The summed E-state index contributed by atoms with van der Waals surface area (Å²) in [6.07, 6.45) is -0.761. The van der Waals surface area contributed by atoms with Gasteiger partial charge in [-0.05, 0) is 70.7 Å². The lowest BCUT2D eigenvalue weighted by atomic mass is 10.1. The first-order valence-corrected chi connectivity index (χ1v) is 11.8. The molecular formula is C25H33F3N6O2. The summed E-state index contributed by atoms with van der Waals surface area (Å²) < 4.78 is 42.2. The number of carbonyl (C=O) groups is 1. The van der Waals surface area contributed by atoms with E-state index in [1.807, 2.05) is 21.0 Å². The number of hydrogen-bond donors (Lipinski definition) is 3. The Balaban J connectivity index is 1.95. The number of likely N-dealkylation sites (tertiary alicyclic amines) is 1. The number of alkyl halides is 3. The van der Waals surface area contributed by atoms with Gasteiger partial charge in [-0.2, -0.15) is 13.2 Å². The van der Waals surface area contributed by atoms with Gasteiger partial charge in [-0.15, -0.1) is 0 Å². The second kappa shape index (κ2) is 12.2. The molecule has 0 bridgehead atoms. The third kappa shape index (κ3) is 7.66. The quantitative estimate of drug-likeness (QED) is 0.482. The van der Waals surface area contributed by atoms with Crippen LogP contribution in [0.15, 0.2) is 36.5 Å². The third-order valence-corrected chi connectivity index (χ3v) is 5.93. The summed E-state index contributed by atoms with van der Waals surface area (Å²) in [5.41, 5.74) is 2.05. The van der Waals surface area contributed by atoms with Crippen molar-refractivity contribution in [3.05, 3.63) is 48.1 Å². The molecule has 1 aliphatic heterocycles. The highest BCUT2D eigenvalue weighted by molar-refractivity contribution is 5.94. The molecule has 2 heterocycles. The zero-order valence-electron chi connectivity index (χ0n) is 20.9. The smallest absolute Gasteiger partial charge is 0.422 e. The van der Waals surface area contributed by atoms with Crippen LogP contribution in [0.1, 0.15) is 36.1 Å². The van der Waals surface area contributed by atoms with E-state index in [0.29, 0.717) is 17.1 Å². The number of aromatic nitrogens is 2. The Morgan fingerprint density at radius 1 is 1.25 bits per heavy atom. The summed E-state index contributed by atoms with van der Waals surface area (Å²) in [7, 11) is 5.60. The molecule has 1 aliphatic rings. The molecule has 2 aromatic rings. The highest BCUT2D eigenvalue weighted by atomic mass is 19.4. The van der Waals surface area contributed by atoms with Crippen molar-refractivity contribution in [3.63, 3.8) is 0 Å². The van der Waals surface area contributed by atoms with Gasteiger partial charge in [-0.1, -0.05) is 0 Å². The van der Waals surface area contributed by atoms with E-state index in [2.05, 4.69) is 30.8 Å². The lowest BCUT2D eigenvalue weighted by Gasteiger charge is -2.30. The summed E-state index contributed by atoms with van der Waals surface area (Å²) in [5.74, 6) is 0.155. The van der Waals surface area contributed by atoms with Crippen LogP contribution in [0.25, 0.3) is 16.8 Å². The topological polar surface area (TPSA) is 91.4 Å². The second-order valence-corrected chi connectivity index (χ2v) is 8.86. The fourth-order valence-electron chi connectivity index (χ4n) is 3.97. The molecule has 8 nitrogen and oxygen atoms in total.